The maximum absolute atomic E-state index is 13.5. The molecule has 0 fully saturated rings. The summed E-state index contributed by atoms with van der Waals surface area (Å²) in [7, 11) is -4.36. The van der Waals surface area contributed by atoms with Crippen LogP contribution in [0, 0.1) is 5.82 Å². The highest BCUT2D eigenvalue weighted by molar-refractivity contribution is 7.87. The third-order valence-corrected chi connectivity index (χ3v) is 3.32. The molecule has 0 unspecified atom stereocenters. The summed E-state index contributed by atoms with van der Waals surface area (Å²) in [5.41, 5.74) is 5.82. The summed E-state index contributed by atoms with van der Waals surface area (Å²) in [6, 6.07) is 3.94. The Kier molecular flexibility index (Phi) is 5.45. The third-order valence-electron chi connectivity index (χ3n) is 2.27. The van der Waals surface area contributed by atoms with Gasteiger partial charge >= 0.3 is 6.18 Å². The lowest BCUT2D eigenvalue weighted by Gasteiger charge is -2.11. The molecular weight excluding hydrogens is 302 g/mol. The number of hydrogen-bond acceptors (Lipinski definition) is 3. The molecular formula is C10H13F4N3O2S. The molecule has 10 heteroatoms. The van der Waals surface area contributed by atoms with Crippen molar-refractivity contribution >= 4 is 10.2 Å². The molecule has 0 aliphatic rings. The van der Waals surface area contributed by atoms with Crippen molar-refractivity contribution in [3.8, 4) is 0 Å². The number of halogens is 4. The van der Waals surface area contributed by atoms with Crippen molar-refractivity contribution in [1.29, 1.82) is 0 Å². The summed E-state index contributed by atoms with van der Waals surface area (Å²) in [5, 5.41) is 0. The summed E-state index contributed by atoms with van der Waals surface area (Å²) in [6.07, 6.45) is -4.66. The van der Waals surface area contributed by atoms with Gasteiger partial charge in [0.05, 0.1) is 0 Å². The second-order valence-corrected chi connectivity index (χ2v) is 5.47. The average molecular weight is 315 g/mol. The first kappa shape index (κ1) is 16.8. The highest BCUT2D eigenvalue weighted by Crippen LogP contribution is 2.13. The van der Waals surface area contributed by atoms with E-state index in [1.54, 1.807) is 0 Å². The van der Waals surface area contributed by atoms with E-state index in [0.717, 1.165) is 6.07 Å². The number of nitrogens with two attached hydrogens (primary N) is 1. The van der Waals surface area contributed by atoms with Gasteiger partial charge in [-0.05, 0) is 11.6 Å². The van der Waals surface area contributed by atoms with Crippen LogP contribution in [0.2, 0.25) is 0 Å². The molecule has 20 heavy (non-hydrogen) atoms. The maximum Gasteiger partial charge on any atom is 0.402 e. The quantitative estimate of drug-likeness (QED) is 0.678. The first-order valence-electron chi connectivity index (χ1n) is 5.41. The average Bonchev–Trinajstić information content (AvgIpc) is 2.34. The number of alkyl halides is 3. The van der Waals surface area contributed by atoms with Gasteiger partial charge in [0, 0.05) is 18.7 Å². The van der Waals surface area contributed by atoms with Crippen molar-refractivity contribution in [2.24, 2.45) is 5.73 Å². The fraction of sp³-hybridized carbons (Fsp3) is 0.400. The summed E-state index contributed by atoms with van der Waals surface area (Å²) < 4.78 is 74.7. The van der Waals surface area contributed by atoms with Crippen molar-refractivity contribution in [3.63, 3.8) is 0 Å². The van der Waals surface area contributed by atoms with Crippen LogP contribution in [-0.4, -0.2) is 21.1 Å². The molecule has 0 aliphatic carbocycles. The van der Waals surface area contributed by atoms with Gasteiger partial charge in [0.2, 0.25) is 0 Å². The second kappa shape index (κ2) is 6.48. The van der Waals surface area contributed by atoms with Gasteiger partial charge in [-0.25, -0.2) is 4.39 Å². The van der Waals surface area contributed by atoms with E-state index in [0.29, 0.717) is 5.56 Å². The molecule has 1 rings (SSSR count). The monoisotopic (exact) mass is 315 g/mol. The zero-order chi connectivity index (χ0) is 15.4. The molecule has 0 aliphatic heterocycles. The van der Waals surface area contributed by atoms with Crippen LogP contribution in [-0.2, 0) is 23.3 Å². The Bertz CT molecular complexity index is 560. The Labute approximate surface area is 113 Å². The summed E-state index contributed by atoms with van der Waals surface area (Å²) in [6.45, 7) is -2.04. The lowest BCUT2D eigenvalue weighted by atomic mass is 10.1. The van der Waals surface area contributed by atoms with Crippen LogP contribution in [0.25, 0.3) is 0 Å². The minimum absolute atomic E-state index is 0.000385. The number of benzene rings is 1. The van der Waals surface area contributed by atoms with Crippen LogP contribution in [0.1, 0.15) is 11.1 Å². The van der Waals surface area contributed by atoms with Crippen molar-refractivity contribution in [2.45, 2.75) is 19.3 Å². The van der Waals surface area contributed by atoms with Gasteiger partial charge in [0.25, 0.3) is 10.2 Å². The fourth-order valence-corrected chi connectivity index (χ4v) is 2.06. The lowest BCUT2D eigenvalue weighted by molar-refractivity contribution is -0.121. The number of hydrogen-bond donors (Lipinski definition) is 3. The van der Waals surface area contributed by atoms with Gasteiger partial charge in [0.1, 0.15) is 12.4 Å². The zero-order valence-electron chi connectivity index (χ0n) is 10.2. The van der Waals surface area contributed by atoms with Crippen molar-refractivity contribution in [2.75, 3.05) is 6.54 Å². The minimum Gasteiger partial charge on any atom is -0.326 e. The molecule has 0 saturated carbocycles. The van der Waals surface area contributed by atoms with E-state index >= 15 is 0 Å². The SMILES string of the molecule is NCc1ccc(CNS(=O)(=O)NCC(F)(F)F)c(F)c1. The normalized spacial score (nSPS) is 12.7. The largest absolute Gasteiger partial charge is 0.402 e. The van der Waals surface area contributed by atoms with Crippen LogP contribution in [0.4, 0.5) is 17.6 Å². The Balaban J connectivity index is 2.62. The topological polar surface area (TPSA) is 84.2 Å². The first-order chi connectivity index (χ1) is 9.13. The van der Waals surface area contributed by atoms with E-state index in [-0.39, 0.29) is 12.1 Å². The van der Waals surface area contributed by atoms with Crippen LogP contribution in [0.3, 0.4) is 0 Å². The van der Waals surface area contributed by atoms with Gasteiger partial charge in [-0.3, -0.25) is 0 Å². The van der Waals surface area contributed by atoms with E-state index in [1.807, 2.05) is 4.72 Å². The Hall–Kier alpha value is -1.23. The molecule has 0 amide bonds. The molecule has 0 spiro atoms. The van der Waals surface area contributed by atoms with Crippen molar-refractivity contribution in [3.05, 3.63) is 35.1 Å². The van der Waals surface area contributed by atoms with Crippen molar-refractivity contribution in [1.82, 2.24) is 9.44 Å². The smallest absolute Gasteiger partial charge is 0.326 e. The van der Waals surface area contributed by atoms with Gasteiger partial charge in [-0.2, -0.15) is 31.0 Å². The van der Waals surface area contributed by atoms with Gasteiger partial charge in [-0.15, -0.1) is 0 Å². The molecule has 0 heterocycles. The molecule has 0 radical (unpaired) electrons. The number of rotatable bonds is 6. The lowest BCUT2D eigenvalue weighted by Crippen LogP contribution is -2.41. The summed E-state index contributed by atoms with van der Waals surface area (Å²) in [4.78, 5) is 0. The molecule has 1 aromatic carbocycles. The molecule has 4 N–H and O–H groups in total. The predicted octanol–water partition coefficient (Wildman–Crippen LogP) is 0.771. The third kappa shape index (κ3) is 5.82. The van der Waals surface area contributed by atoms with Crippen LogP contribution in [0.15, 0.2) is 18.2 Å². The standard InChI is InChI=1S/C10H13F4N3O2S/c11-9-3-7(4-15)1-2-8(9)5-16-20(18,19)17-6-10(12,13)14/h1-3,16-17H,4-6,15H2. The van der Waals surface area contributed by atoms with Gasteiger partial charge < -0.3 is 5.73 Å². The van der Waals surface area contributed by atoms with Crippen LogP contribution < -0.4 is 15.2 Å². The van der Waals surface area contributed by atoms with Crippen LogP contribution in [0.5, 0.6) is 0 Å². The molecule has 0 saturated heterocycles. The Morgan fingerprint density at radius 3 is 2.35 bits per heavy atom. The van der Waals surface area contributed by atoms with Gasteiger partial charge in [0.15, 0.2) is 0 Å². The second-order valence-electron chi connectivity index (χ2n) is 3.89. The molecule has 5 nitrogen and oxygen atoms in total. The molecule has 0 aromatic heterocycles. The minimum atomic E-state index is -4.66. The van der Waals surface area contributed by atoms with Crippen LogP contribution >= 0.6 is 0 Å². The maximum atomic E-state index is 13.5. The van der Waals surface area contributed by atoms with E-state index in [9.17, 15) is 26.0 Å². The molecule has 0 atom stereocenters. The van der Waals surface area contributed by atoms with E-state index in [2.05, 4.69) is 0 Å². The van der Waals surface area contributed by atoms with E-state index in [1.165, 1.54) is 16.9 Å². The predicted molar refractivity (Wildman–Crippen MR) is 64.1 cm³/mol. The van der Waals surface area contributed by atoms with E-state index in [4.69, 9.17) is 5.73 Å². The molecule has 0 bridgehead atoms. The zero-order valence-corrected chi connectivity index (χ0v) is 11.0. The summed E-state index contributed by atoms with van der Waals surface area (Å²) in [5.74, 6) is -0.688. The molecule has 114 valence electrons. The fourth-order valence-electron chi connectivity index (χ4n) is 1.26. The first-order valence-corrected chi connectivity index (χ1v) is 6.89. The highest BCUT2D eigenvalue weighted by Gasteiger charge is 2.29. The van der Waals surface area contributed by atoms with Gasteiger partial charge in [-0.1, -0.05) is 12.1 Å². The molecule has 1 aromatic rings. The summed E-state index contributed by atoms with van der Waals surface area (Å²) >= 11 is 0. The Morgan fingerprint density at radius 2 is 1.85 bits per heavy atom. The van der Waals surface area contributed by atoms with E-state index < -0.39 is 35.3 Å². The van der Waals surface area contributed by atoms with Crippen molar-refractivity contribution < 1.29 is 26.0 Å². The highest BCUT2D eigenvalue weighted by atomic mass is 32.2. The number of nitrogens with one attached hydrogen (secondary N) is 2. The Morgan fingerprint density at radius 1 is 1.20 bits per heavy atom.